The van der Waals surface area contributed by atoms with Crippen LogP contribution in [0.3, 0.4) is 0 Å². The lowest BCUT2D eigenvalue weighted by atomic mass is 10.1. The summed E-state index contributed by atoms with van der Waals surface area (Å²) in [4.78, 5) is 33.6. The summed E-state index contributed by atoms with van der Waals surface area (Å²) in [6, 6.07) is 9.51. The van der Waals surface area contributed by atoms with E-state index in [0.29, 0.717) is 18.0 Å². The molecule has 4 rings (SSSR count). The minimum atomic E-state index is -0.613. The zero-order chi connectivity index (χ0) is 20.5. The highest BCUT2D eigenvalue weighted by Gasteiger charge is 2.30. The molecule has 0 bridgehead atoms. The first-order chi connectivity index (χ1) is 14.0. The number of aromatic nitrogens is 1. The first-order valence-corrected chi connectivity index (χ1v) is 9.39. The van der Waals surface area contributed by atoms with Gasteiger partial charge in [-0.15, -0.1) is 0 Å². The van der Waals surface area contributed by atoms with Crippen molar-refractivity contribution in [2.45, 2.75) is 6.10 Å². The molecule has 0 radical (unpaired) electrons. The monoisotopic (exact) mass is 397 g/mol. The Balaban J connectivity index is 1.56. The average molecular weight is 397 g/mol. The largest absolute Gasteiger partial charge is 0.394 e. The molecule has 0 atom stereocenters. The molecule has 1 saturated heterocycles. The average Bonchev–Trinajstić information content (AvgIpc) is 2.69. The SMILES string of the molecule is CN1C(=O)CN(c2ccc(N3CC(OCCO)C3)cc2)c2cc(C(N)=O)ncc21. The third-order valence-corrected chi connectivity index (χ3v) is 5.25. The second-order valence-corrected chi connectivity index (χ2v) is 7.10. The van der Waals surface area contributed by atoms with Crippen molar-refractivity contribution in [3.05, 3.63) is 42.2 Å². The van der Waals surface area contributed by atoms with Crippen molar-refractivity contribution < 1.29 is 19.4 Å². The van der Waals surface area contributed by atoms with E-state index in [4.69, 9.17) is 15.6 Å². The molecule has 9 heteroatoms. The number of nitrogens with two attached hydrogens (primary N) is 1. The van der Waals surface area contributed by atoms with Gasteiger partial charge in [0, 0.05) is 31.5 Å². The molecule has 0 aliphatic carbocycles. The number of amides is 2. The molecule has 1 fully saturated rings. The van der Waals surface area contributed by atoms with Crippen molar-refractivity contribution in [2.75, 3.05) is 54.6 Å². The number of primary amides is 1. The number of fused-ring (bicyclic) bond motifs is 1. The molecule has 0 spiro atoms. The Bertz CT molecular complexity index is 927. The maximum absolute atomic E-state index is 12.4. The van der Waals surface area contributed by atoms with E-state index in [0.717, 1.165) is 24.5 Å². The van der Waals surface area contributed by atoms with Gasteiger partial charge in [0.15, 0.2) is 0 Å². The molecule has 0 saturated carbocycles. The van der Waals surface area contributed by atoms with Gasteiger partial charge in [-0.2, -0.15) is 0 Å². The van der Waals surface area contributed by atoms with Gasteiger partial charge in [-0.3, -0.25) is 9.59 Å². The molecule has 9 nitrogen and oxygen atoms in total. The van der Waals surface area contributed by atoms with E-state index in [1.54, 1.807) is 13.1 Å². The van der Waals surface area contributed by atoms with Crippen LogP contribution < -0.4 is 20.4 Å². The van der Waals surface area contributed by atoms with E-state index in [9.17, 15) is 9.59 Å². The highest BCUT2D eigenvalue weighted by Crippen LogP contribution is 2.38. The number of benzene rings is 1. The number of hydrogen-bond donors (Lipinski definition) is 2. The van der Waals surface area contributed by atoms with Gasteiger partial charge in [0.05, 0.1) is 36.9 Å². The van der Waals surface area contributed by atoms with E-state index in [1.165, 1.54) is 11.1 Å². The van der Waals surface area contributed by atoms with Crippen LogP contribution in [0.5, 0.6) is 0 Å². The number of carbonyl (C=O) groups is 2. The zero-order valence-corrected chi connectivity index (χ0v) is 16.1. The number of aliphatic hydroxyl groups is 1. The van der Waals surface area contributed by atoms with Gasteiger partial charge in [-0.25, -0.2) is 4.98 Å². The Kier molecular flexibility index (Phi) is 5.08. The van der Waals surface area contributed by atoms with Crippen LogP contribution in [-0.4, -0.2) is 67.9 Å². The number of rotatable bonds is 6. The lowest BCUT2D eigenvalue weighted by molar-refractivity contribution is -0.117. The Morgan fingerprint density at radius 1 is 1.24 bits per heavy atom. The fourth-order valence-electron chi connectivity index (χ4n) is 3.56. The van der Waals surface area contributed by atoms with Crippen molar-refractivity contribution in [3.63, 3.8) is 0 Å². The molecule has 152 valence electrons. The second kappa shape index (κ2) is 7.69. The van der Waals surface area contributed by atoms with Gasteiger partial charge in [-0.1, -0.05) is 0 Å². The number of aliphatic hydroxyl groups excluding tert-OH is 1. The van der Waals surface area contributed by atoms with Crippen LogP contribution in [0.1, 0.15) is 10.5 Å². The van der Waals surface area contributed by atoms with Gasteiger partial charge in [0.2, 0.25) is 5.91 Å². The number of pyridine rings is 1. The van der Waals surface area contributed by atoms with Crippen LogP contribution in [0.2, 0.25) is 0 Å². The van der Waals surface area contributed by atoms with E-state index < -0.39 is 5.91 Å². The van der Waals surface area contributed by atoms with Crippen LogP contribution in [0, 0.1) is 0 Å². The molecule has 2 amide bonds. The third-order valence-electron chi connectivity index (χ3n) is 5.25. The van der Waals surface area contributed by atoms with Gasteiger partial charge >= 0.3 is 0 Å². The first-order valence-electron chi connectivity index (χ1n) is 9.39. The van der Waals surface area contributed by atoms with E-state index in [-0.39, 0.29) is 30.9 Å². The summed E-state index contributed by atoms with van der Waals surface area (Å²) >= 11 is 0. The Morgan fingerprint density at radius 2 is 1.93 bits per heavy atom. The number of ether oxygens (including phenoxy) is 1. The summed E-state index contributed by atoms with van der Waals surface area (Å²) in [5.74, 6) is -0.680. The van der Waals surface area contributed by atoms with Crippen LogP contribution >= 0.6 is 0 Å². The third kappa shape index (κ3) is 3.62. The van der Waals surface area contributed by atoms with Crippen LogP contribution in [0.4, 0.5) is 22.7 Å². The smallest absolute Gasteiger partial charge is 0.267 e. The normalized spacial score (nSPS) is 16.6. The molecular weight excluding hydrogens is 374 g/mol. The van der Waals surface area contributed by atoms with Crippen molar-refractivity contribution in [2.24, 2.45) is 5.73 Å². The van der Waals surface area contributed by atoms with Gasteiger partial charge in [-0.05, 0) is 30.3 Å². The molecule has 2 aliphatic rings. The summed E-state index contributed by atoms with van der Waals surface area (Å²) in [6.07, 6.45) is 1.64. The fourth-order valence-corrected chi connectivity index (χ4v) is 3.56. The number of anilines is 4. The van der Waals surface area contributed by atoms with Crippen LogP contribution in [0.15, 0.2) is 36.5 Å². The molecule has 2 aromatic rings. The molecule has 2 aliphatic heterocycles. The maximum Gasteiger partial charge on any atom is 0.267 e. The fraction of sp³-hybridized carbons (Fsp3) is 0.350. The Hall–Kier alpha value is -3.17. The van der Waals surface area contributed by atoms with Gasteiger partial charge < -0.3 is 30.3 Å². The summed E-state index contributed by atoms with van der Waals surface area (Å²) in [6.45, 7) is 2.11. The molecule has 29 heavy (non-hydrogen) atoms. The molecule has 3 N–H and O–H groups in total. The topological polar surface area (TPSA) is 112 Å². The lowest BCUT2D eigenvalue weighted by Gasteiger charge is -2.41. The number of carbonyl (C=O) groups excluding carboxylic acids is 2. The molecular formula is C20H23N5O4. The standard InChI is InChI=1S/C20H23N5O4/c1-23-18-9-22-16(20(21)28)8-17(18)25(12-19(23)27)14-4-2-13(3-5-14)24-10-15(11-24)29-7-6-26/h2-5,8-9,15,26H,6-7,10-12H2,1H3,(H2,21,28). The van der Waals surface area contributed by atoms with E-state index in [1.807, 2.05) is 29.2 Å². The summed E-state index contributed by atoms with van der Waals surface area (Å²) in [7, 11) is 1.69. The van der Waals surface area contributed by atoms with Crippen molar-refractivity contribution in [1.82, 2.24) is 4.98 Å². The highest BCUT2D eigenvalue weighted by atomic mass is 16.5. The predicted octanol–water partition coefficient (Wildman–Crippen LogP) is 0.493. The number of nitrogens with zero attached hydrogens (tertiary/aromatic N) is 4. The van der Waals surface area contributed by atoms with Crippen molar-refractivity contribution in [1.29, 1.82) is 0 Å². The molecule has 1 aromatic carbocycles. The van der Waals surface area contributed by atoms with Crippen LogP contribution in [0.25, 0.3) is 0 Å². The predicted molar refractivity (Wildman–Crippen MR) is 109 cm³/mol. The zero-order valence-electron chi connectivity index (χ0n) is 16.1. The molecule has 1 aromatic heterocycles. The Labute approximate surface area is 168 Å². The molecule has 0 unspecified atom stereocenters. The van der Waals surface area contributed by atoms with Gasteiger partial charge in [0.1, 0.15) is 12.2 Å². The van der Waals surface area contributed by atoms with E-state index >= 15 is 0 Å². The first kappa shape index (κ1) is 19.2. The minimum absolute atomic E-state index is 0.0312. The number of hydrogen-bond acceptors (Lipinski definition) is 7. The minimum Gasteiger partial charge on any atom is -0.394 e. The quantitative estimate of drug-likeness (QED) is 0.730. The maximum atomic E-state index is 12.4. The summed E-state index contributed by atoms with van der Waals surface area (Å²) < 4.78 is 5.50. The van der Waals surface area contributed by atoms with Crippen molar-refractivity contribution >= 4 is 34.6 Å². The van der Waals surface area contributed by atoms with Crippen molar-refractivity contribution in [3.8, 4) is 0 Å². The van der Waals surface area contributed by atoms with Gasteiger partial charge in [0.25, 0.3) is 5.91 Å². The highest BCUT2D eigenvalue weighted by molar-refractivity contribution is 6.05. The summed E-state index contributed by atoms with van der Waals surface area (Å²) in [5.41, 5.74) is 8.77. The number of likely N-dealkylation sites (N-methyl/N-ethyl adjacent to an activating group) is 1. The Morgan fingerprint density at radius 3 is 2.59 bits per heavy atom. The summed E-state index contributed by atoms with van der Waals surface area (Å²) in [5, 5.41) is 8.82. The molecule has 3 heterocycles. The lowest BCUT2D eigenvalue weighted by Crippen LogP contribution is -2.52. The van der Waals surface area contributed by atoms with Crippen LogP contribution in [-0.2, 0) is 9.53 Å². The van der Waals surface area contributed by atoms with E-state index in [2.05, 4.69) is 9.88 Å². The second-order valence-electron chi connectivity index (χ2n) is 7.10.